The Labute approximate surface area is 95.9 Å². The number of fused-ring (bicyclic) bond motifs is 1. The lowest BCUT2D eigenvalue weighted by Gasteiger charge is -2.16. The summed E-state index contributed by atoms with van der Waals surface area (Å²) in [5, 5.41) is 8.79. The molecule has 0 aromatic carbocycles. The van der Waals surface area contributed by atoms with Gasteiger partial charge in [-0.2, -0.15) is 0 Å². The first kappa shape index (κ1) is 9.95. The molecule has 0 bridgehead atoms. The van der Waals surface area contributed by atoms with Crippen LogP contribution in [0.4, 0.5) is 5.69 Å². The maximum Gasteiger partial charge on any atom is 0.354 e. The summed E-state index contributed by atoms with van der Waals surface area (Å²) in [4.78, 5) is 39.0. The summed E-state index contributed by atoms with van der Waals surface area (Å²) in [6.45, 7) is 0. The molecular weight excluding hydrogens is 224 g/mol. The maximum atomic E-state index is 11.8. The number of amides is 2. The highest BCUT2D eigenvalue weighted by Crippen LogP contribution is 2.48. The summed E-state index contributed by atoms with van der Waals surface area (Å²) < 4.78 is 0. The Bertz CT molecular complexity index is 534. The van der Waals surface area contributed by atoms with Crippen LogP contribution in [0.1, 0.15) is 16.9 Å². The van der Waals surface area contributed by atoms with Crippen LogP contribution in [0.2, 0.25) is 0 Å². The normalized spacial score (nSPS) is 26.0. The van der Waals surface area contributed by atoms with E-state index in [4.69, 9.17) is 5.11 Å². The molecule has 6 heteroatoms. The van der Waals surface area contributed by atoms with Gasteiger partial charge in [-0.1, -0.05) is 0 Å². The van der Waals surface area contributed by atoms with E-state index >= 15 is 0 Å². The van der Waals surface area contributed by atoms with E-state index in [1.165, 1.54) is 18.3 Å². The molecule has 1 aliphatic heterocycles. The molecule has 2 amide bonds. The van der Waals surface area contributed by atoms with Crippen LogP contribution >= 0.6 is 0 Å². The van der Waals surface area contributed by atoms with Gasteiger partial charge in [0.1, 0.15) is 5.69 Å². The van der Waals surface area contributed by atoms with Gasteiger partial charge in [0.25, 0.3) is 0 Å². The Morgan fingerprint density at radius 3 is 2.59 bits per heavy atom. The van der Waals surface area contributed by atoms with Crippen molar-refractivity contribution in [2.24, 2.45) is 11.8 Å². The zero-order valence-corrected chi connectivity index (χ0v) is 8.66. The number of piperidine rings is 1. The molecule has 3 rings (SSSR count). The molecule has 1 saturated carbocycles. The Balaban J connectivity index is 1.99. The molecule has 0 spiro atoms. The first-order valence-electron chi connectivity index (χ1n) is 5.17. The van der Waals surface area contributed by atoms with E-state index in [-0.39, 0.29) is 29.3 Å². The van der Waals surface area contributed by atoms with Crippen molar-refractivity contribution in [2.45, 2.75) is 6.42 Å². The molecule has 1 aromatic rings. The molecule has 2 fully saturated rings. The summed E-state index contributed by atoms with van der Waals surface area (Å²) in [5.41, 5.74) is 0.114. The van der Waals surface area contributed by atoms with Crippen LogP contribution in [0.3, 0.4) is 0 Å². The van der Waals surface area contributed by atoms with Crippen LogP contribution in [0, 0.1) is 11.8 Å². The highest BCUT2D eigenvalue weighted by Gasteiger charge is 2.59. The molecule has 6 nitrogen and oxygen atoms in total. The van der Waals surface area contributed by atoms with E-state index in [0.717, 1.165) is 4.90 Å². The summed E-state index contributed by atoms with van der Waals surface area (Å²) >= 11 is 0. The number of aromatic carboxylic acids is 1. The Morgan fingerprint density at radius 1 is 1.35 bits per heavy atom. The van der Waals surface area contributed by atoms with Crippen LogP contribution < -0.4 is 4.90 Å². The molecule has 1 saturated heterocycles. The summed E-state index contributed by atoms with van der Waals surface area (Å²) in [6, 6.07) is 2.70. The van der Waals surface area contributed by atoms with Gasteiger partial charge in [0.2, 0.25) is 11.8 Å². The van der Waals surface area contributed by atoms with Crippen molar-refractivity contribution in [3.8, 4) is 0 Å². The Morgan fingerprint density at radius 2 is 2.00 bits per heavy atom. The van der Waals surface area contributed by atoms with E-state index in [0.29, 0.717) is 12.1 Å². The molecule has 0 radical (unpaired) electrons. The largest absolute Gasteiger partial charge is 0.477 e. The standard InChI is InChI=1S/C11H8N2O4/c14-9-6-4-7(6)10(15)13(9)5-1-2-12-8(3-5)11(16)17/h1-3,6-7H,4H2,(H,16,17). The van der Waals surface area contributed by atoms with Gasteiger partial charge >= 0.3 is 5.97 Å². The van der Waals surface area contributed by atoms with Gasteiger partial charge in [-0.3, -0.25) is 9.59 Å². The third-order valence-corrected chi connectivity index (χ3v) is 3.09. The number of nitrogens with zero attached hydrogens (tertiary/aromatic N) is 2. The van der Waals surface area contributed by atoms with Gasteiger partial charge in [-0.25, -0.2) is 14.7 Å². The summed E-state index contributed by atoms with van der Waals surface area (Å²) in [6.07, 6.45) is 1.91. The molecule has 17 heavy (non-hydrogen) atoms. The zero-order valence-electron chi connectivity index (χ0n) is 8.66. The Hall–Kier alpha value is -2.24. The third-order valence-electron chi connectivity index (χ3n) is 3.09. The first-order chi connectivity index (χ1) is 8.09. The summed E-state index contributed by atoms with van der Waals surface area (Å²) in [7, 11) is 0. The van der Waals surface area contributed by atoms with E-state index in [9.17, 15) is 14.4 Å². The van der Waals surface area contributed by atoms with E-state index < -0.39 is 5.97 Å². The maximum absolute atomic E-state index is 11.8. The van der Waals surface area contributed by atoms with Crippen molar-refractivity contribution >= 4 is 23.5 Å². The quantitative estimate of drug-likeness (QED) is 0.740. The second-order valence-electron chi connectivity index (χ2n) is 4.17. The van der Waals surface area contributed by atoms with E-state index in [2.05, 4.69) is 4.98 Å². The number of carboxylic acids is 1. The van der Waals surface area contributed by atoms with Gasteiger partial charge in [0.15, 0.2) is 0 Å². The highest BCUT2D eigenvalue weighted by atomic mass is 16.4. The number of rotatable bonds is 2. The zero-order chi connectivity index (χ0) is 12.2. The lowest BCUT2D eigenvalue weighted by molar-refractivity contribution is -0.123. The molecule has 1 aliphatic carbocycles. The average molecular weight is 232 g/mol. The van der Waals surface area contributed by atoms with Gasteiger partial charge in [0, 0.05) is 6.20 Å². The fraction of sp³-hybridized carbons (Fsp3) is 0.273. The number of pyridine rings is 1. The minimum atomic E-state index is -1.18. The van der Waals surface area contributed by atoms with Gasteiger partial charge in [-0.05, 0) is 18.6 Å². The molecule has 2 atom stereocenters. The number of anilines is 1. The van der Waals surface area contributed by atoms with Crippen molar-refractivity contribution < 1.29 is 19.5 Å². The molecule has 2 aliphatic rings. The number of imide groups is 1. The van der Waals surface area contributed by atoms with Crippen LogP contribution in [0.25, 0.3) is 0 Å². The fourth-order valence-corrected chi connectivity index (χ4v) is 2.11. The van der Waals surface area contributed by atoms with Crippen LogP contribution in [-0.4, -0.2) is 27.9 Å². The van der Waals surface area contributed by atoms with Crippen molar-refractivity contribution in [1.29, 1.82) is 0 Å². The molecule has 1 aromatic heterocycles. The number of carbonyl (C=O) groups is 3. The first-order valence-corrected chi connectivity index (χ1v) is 5.17. The Kier molecular flexibility index (Phi) is 1.83. The van der Waals surface area contributed by atoms with Crippen molar-refractivity contribution in [2.75, 3.05) is 4.90 Å². The minimum Gasteiger partial charge on any atom is -0.477 e. The van der Waals surface area contributed by atoms with Gasteiger partial charge in [-0.15, -0.1) is 0 Å². The van der Waals surface area contributed by atoms with E-state index in [1.807, 2.05) is 0 Å². The monoisotopic (exact) mass is 232 g/mol. The summed E-state index contributed by atoms with van der Waals surface area (Å²) in [5.74, 6) is -2.03. The third kappa shape index (κ3) is 1.33. The number of carbonyl (C=O) groups excluding carboxylic acids is 2. The second-order valence-corrected chi connectivity index (χ2v) is 4.17. The molecular formula is C11H8N2O4. The predicted molar refractivity (Wildman–Crippen MR) is 55.3 cm³/mol. The lowest BCUT2D eigenvalue weighted by atomic mass is 10.2. The molecule has 2 heterocycles. The predicted octanol–water partition coefficient (Wildman–Crippen LogP) is 0.289. The van der Waals surface area contributed by atoms with Crippen LogP contribution in [0.5, 0.6) is 0 Å². The number of hydrogen-bond donors (Lipinski definition) is 1. The van der Waals surface area contributed by atoms with Crippen molar-refractivity contribution in [3.63, 3.8) is 0 Å². The van der Waals surface area contributed by atoms with Gasteiger partial charge in [0.05, 0.1) is 17.5 Å². The molecule has 86 valence electrons. The van der Waals surface area contributed by atoms with Crippen molar-refractivity contribution in [1.82, 2.24) is 4.98 Å². The van der Waals surface area contributed by atoms with Crippen molar-refractivity contribution in [3.05, 3.63) is 24.0 Å². The number of carboxylic acid groups (broad SMARTS) is 1. The SMILES string of the molecule is O=C(O)c1cc(N2C(=O)C3CC3C2=O)ccn1. The average Bonchev–Trinajstić information content (AvgIpc) is 3.04. The molecule has 1 N–H and O–H groups in total. The highest BCUT2D eigenvalue weighted by molar-refractivity contribution is 6.24. The number of hydrogen-bond acceptors (Lipinski definition) is 4. The number of aromatic nitrogens is 1. The van der Waals surface area contributed by atoms with Crippen LogP contribution in [0.15, 0.2) is 18.3 Å². The minimum absolute atomic E-state index is 0.177. The fourth-order valence-electron chi connectivity index (χ4n) is 2.11. The van der Waals surface area contributed by atoms with Gasteiger partial charge < -0.3 is 5.11 Å². The van der Waals surface area contributed by atoms with E-state index in [1.54, 1.807) is 0 Å². The second kappa shape index (κ2) is 3.13. The molecule has 2 unspecified atom stereocenters. The topological polar surface area (TPSA) is 87.6 Å². The van der Waals surface area contributed by atoms with Crippen LogP contribution in [-0.2, 0) is 9.59 Å². The smallest absolute Gasteiger partial charge is 0.354 e. The lowest BCUT2D eigenvalue weighted by Crippen LogP contribution is -2.32.